The number of hydrogen-bond acceptors (Lipinski definition) is 6. The number of ether oxygens (including phenoxy) is 2. The van der Waals surface area contributed by atoms with Crippen LogP contribution in [0.4, 0.5) is 0 Å². The molecule has 2 heterocycles. The van der Waals surface area contributed by atoms with E-state index in [1.54, 1.807) is 23.5 Å². The van der Waals surface area contributed by atoms with Crippen molar-refractivity contribution in [2.24, 2.45) is 0 Å². The molecule has 4 aromatic rings. The number of amides is 1. The Morgan fingerprint density at radius 1 is 0.947 bits per heavy atom. The monoisotopic (exact) mass is 548 g/mol. The van der Waals surface area contributed by atoms with E-state index in [9.17, 15) is 9.59 Å². The van der Waals surface area contributed by atoms with Crippen molar-refractivity contribution < 1.29 is 19.1 Å². The van der Waals surface area contributed by atoms with Gasteiger partial charge in [0.15, 0.2) is 0 Å². The maximum atomic E-state index is 13.1. The predicted octanol–water partition coefficient (Wildman–Crippen LogP) is 6.06. The topological polar surface area (TPSA) is 59.1 Å². The van der Waals surface area contributed by atoms with Gasteiger partial charge < -0.3 is 14.4 Å². The summed E-state index contributed by atoms with van der Waals surface area (Å²) in [6.07, 6.45) is -0.169. The summed E-state index contributed by atoms with van der Waals surface area (Å²) < 4.78 is 12.3. The summed E-state index contributed by atoms with van der Waals surface area (Å²) in [6, 6.07) is 25.1. The summed E-state index contributed by atoms with van der Waals surface area (Å²) in [5.41, 5.74) is 2.52. The fourth-order valence-electron chi connectivity index (χ4n) is 4.59. The molecule has 196 valence electrons. The molecule has 38 heavy (non-hydrogen) atoms. The second-order valence-corrected chi connectivity index (χ2v) is 10.8. The van der Waals surface area contributed by atoms with Crippen LogP contribution in [0.5, 0.6) is 0 Å². The predicted molar refractivity (Wildman–Crippen MR) is 151 cm³/mol. The Bertz CT molecular complexity index is 1360. The van der Waals surface area contributed by atoms with Crippen molar-refractivity contribution in [2.45, 2.75) is 12.7 Å². The number of thiophene rings is 1. The van der Waals surface area contributed by atoms with Crippen LogP contribution in [-0.4, -0.2) is 61.5 Å². The Morgan fingerprint density at radius 3 is 2.34 bits per heavy atom. The largest absolute Gasteiger partial charge is 0.465 e. The molecule has 0 aliphatic carbocycles. The van der Waals surface area contributed by atoms with Gasteiger partial charge in [-0.05, 0) is 52.9 Å². The van der Waals surface area contributed by atoms with Gasteiger partial charge in [0.25, 0.3) is 5.91 Å². The van der Waals surface area contributed by atoms with Gasteiger partial charge in [-0.15, -0.1) is 11.3 Å². The molecule has 0 N–H and O–H groups in total. The lowest BCUT2D eigenvalue weighted by atomic mass is 10.1. The third-order valence-corrected chi connectivity index (χ3v) is 8.14. The zero-order valence-corrected chi connectivity index (χ0v) is 22.7. The van der Waals surface area contributed by atoms with Gasteiger partial charge in [0.1, 0.15) is 0 Å². The van der Waals surface area contributed by atoms with Crippen LogP contribution in [0.1, 0.15) is 37.3 Å². The van der Waals surface area contributed by atoms with Crippen LogP contribution >= 0.6 is 22.9 Å². The van der Waals surface area contributed by atoms with Gasteiger partial charge >= 0.3 is 5.97 Å². The molecule has 1 amide bonds. The number of carbonyl (C=O) groups is 2. The summed E-state index contributed by atoms with van der Waals surface area (Å²) in [7, 11) is 1.37. The smallest absolute Gasteiger partial charge is 0.337 e. The quantitative estimate of drug-likeness (QED) is 0.251. The normalized spacial score (nSPS) is 14.9. The lowest BCUT2D eigenvalue weighted by molar-refractivity contribution is 0.00346. The highest BCUT2D eigenvalue weighted by Crippen LogP contribution is 2.27. The molecule has 0 spiro atoms. The van der Waals surface area contributed by atoms with Crippen molar-refractivity contribution in [3.8, 4) is 0 Å². The van der Waals surface area contributed by atoms with Crippen molar-refractivity contribution in [3.05, 3.63) is 105 Å². The lowest BCUT2D eigenvalue weighted by Gasteiger charge is -2.36. The van der Waals surface area contributed by atoms with Crippen molar-refractivity contribution in [1.29, 1.82) is 0 Å². The third-order valence-electron chi connectivity index (χ3n) is 6.79. The number of halogens is 1. The number of esters is 1. The summed E-state index contributed by atoms with van der Waals surface area (Å²) >= 11 is 7.69. The third kappa shape index (κ3) is 6.25. The van der Waals surface area contributed by atoms with Gasteiger partial charge in [0.2, 0.25) is 0 Å². The molecule has 1 fully saturated rings. The Kier molecular flexibility index (Phi) is 8.39. The number of benzene rings is 3. The first-order valence-electron chi connectivity index (χ1n) is 12.5. The number of carbonyl (C=O) groups excluding carboxylic acids is 2. The molecule has 0 saturated carbocycles. The number of hydrogen-bond donors (Lipinski definition) is 0. The van der Waals surface area contributed by atoms with Crippen molar-refractivity contribution in [3.63, 3.8) is 0 Å². The average Bonchev–Trinajstić information content (AvgIpc) is 3.40. The minimum Gasteiger partial charge on any atom is -0.465 e. The Morgan fingerprint density at radius 2 is 1.66 bits per heavy atom. The lowest BCUT2D eigenvalue weighted by Crippen LogP contribution is -2.49. The van der Waals surface area contributed by atoms with Gasteiger partial charge in [-0.1, -0.05) is 54.1 Å². The minimum absolute atomic E-state index is 0.103. The summed E-state index contributed by atoms with van der Waals surface area (Å²) in [6.45, 7) is 4.01. The van der Waals surface area contributed by atoms with Crippen molar-refractivity contribution >= 4 is 44.9 Å². The molecule has 0 bridgehead atoms. The van der Waals surface area contributed by atoms with E-state index in [1.165, 1.54) is 7.11 Å². The first-order valence-corrected chi connectivity index (χ1v) is 13.7. The first kappa shape index (κ1) is 26.4. The maximum absolute atomic E-state index is 13.1. The SMILES string of the molecule is COC(=O)c1ccc(CO[C@@H](CN2CCN(C(=O)c3cc4ccccc4s3)CC2)c2ccc(Cl)cc2)cc1. The molecule has 1 aromatic heterocycles. The highest BCUT2D eigenvalue weighted by Gasteiger charge is 2.26. The van der Waals surface area contributed by atoms with Crippen LogP contribution in [0.2, 0.25) is 5.02 Å². The number of rotatable bonds is 8. The molecule has 5 rings (SSSR count). The van der Waals surface area contributed by atoms with Crippen LogP contribution in [0.25, 0.3) is 10.1 Å². The van der Waals surface area contributed by atoms with E-state index in [0.717, 1.165) is 39.2 Å². The van der Waals surface area contributed by atoms with Gasteiger partial charge in [-0.3, -0.25) is 9.69 Å². The van der Waals surface area contributed by atoms with E-state index in [1.807, 2.05) is 65.6 Å². The zero-order valence-electron chi connectivity index (χ0n) is 21.1. The van der Waals surface area contributed by atoms with Crippen LogP contribution in [-0.2, 0) is 16.1 Å². The number of fused-ring (bicyclic) bond motifs is 1. The fraction of sp³-hybridized carbons (Fsp3) is 0.267. The minimum atomic E-state index is -0.360. The molecule has 0 radical (unpaired) electrons. The summed E-state index contributed by atoms with van der Waals surface area (Å²) in [5.74, 6) is -0.256. The van der Waals surface area contributed by atoms with E-state index in [2.05, 4.69) is 11.0 Å². The van der Waals surface area contributed by atoms with Gasteiger partial charge in [0, 0.05) is 42.4 Å². The molecule has 1 aliphatic rings. The van der Waals surface area contributed by atoms with E-state index < -0.39 is 0 Å². The van der Waals surface area contributed by atoms with Crippen LogP contribution < -0.4 is 0 Å². The molecule has 8 heteroatoms. The Labute approximate surface area is 231 Å². The number of nitrogens with zero attached hydrogens (tertiary/aromatic N) is 2. The molecule has 1 aliphatic heterocycles. The second kappa shape index (κ2) is 12.1. The number of methoxy groups -OCH3 is 1. The van der Waals surface area contributed by atoms with Crippen LogP contribution in [0, 0.1) is 0 Å². The summed E-state index contributed by atoms with van der Waals surface area (Å²) in [4.78, 5) is 29.9. The summed E-state index contributed by atoms with van der Waals surface area (Å²) in [5, 5.41) is 1.79. The molecular weight excluding hydrogens is 520 g/mol. The highest BCUT2D eigenvalue weighted by atomic mass is 35.5. The zero-order chi connectivity index (χ0) is 26.5. The van der Waals surface area contributed by atoms with Gasteiger partial charge in [-0.25, -0.2) is 4.79 Å². The molecular formula is C30H29ClN2O4S. The Balaban J connectivity index is 1.21. The molecule has 1 saturated heterocycles. The molecule has 3 aromatic carbocycles. The van der Waals surface area contributed by atoms with Crippen LogP contribution in [0.3, 0.4) is 0 Å². The Hall–Kier alpha value is -3.23. The van der Waals surface area contributed by atoms with E-state index >= 15 is 0 Å². The second-order valence-electron chi connectivity index (χ2n) is 9.28. The molecule has 6 nitrogen and oxygen atoms in total. The highest BCUT2D eigenvalue weighted by molar-refractivity contribution is 7.20. The van der Waals surface area contributed by atoms with Crippen molar-refractivity contribution in [2.75, 3.05) is 39.8 Å². The average molecular weight is 549 g/mol. The van der Waals surface area contributed by atoms with Crippen LogP contribution in [0.15, 0.2) is 78.9 Å². The fourth-order valence-corrected chi connectivity index (χ4v) is 5.75. The maximum Gasteiger partial charge on any atom is 0.337 e. The number of piperazine rings is 1. The van der Waals surface area contributed by atoms with E-state index in [-0.39, 0.29) is 18.0 Å². The van der Waals surface area contributed by atoms with E-state index in [0.29, 0.717) is 36.8 Å². The van der Waals surface area contributed by atoms with Gasteiger partial charge in [0.05, 0.1) is 30.3 Å². The van der Waals surface area contributed by atoms with Gasteiger partial charge in [-0.2, -0.15) is 0 Å². The molecule has 1 atom stereocenters. The first-order chi connectivity index (χ1) is 18.5. The van der Waals surface area contributed by atoms with Crippen molar-refractivity contribution in [1.82, 2.24) is 9.80 Å². The standard InChI is InChI=1S/C30H29ClN2O4S/c1-36-30(35)23-8-6-21(7-9-23)20-37-26(22-10-12-25(31)13-11-22)19-32-14-16-33(17-15-32)29(34)28-18-24-4-2-3-5-27(24)38-28/h2-13,18,26H,14-17,19-20H2,1H3/t26-/m0/s1. The van der Waals surface area contributed by atoms with E-state index in [4.69, 9.17) is 21.1 Å². The molecule has 0 unspecified atom stereocenters.